The predicted octanol–water partition coefficient (Wildman–Crippen LogP) is 3.30. The molecule has 3 nitrogen and oxygen atoms in total. The Labute approximate surface area is 103 Å². The second-order valence-corrected chi connectivity index (χ2v) is 5.37. The molecule has 2 heterocycles. The Kier molecular flexibility index (Phi) is 3.31. The predicted molar refractivity (Wildman–Crippen MR) is 64.2 cm³/mol. The van der Waals surface area contributed by atoms with Crippen LogP contribution in [0.1, 0.15) is 9.67 Å². The average molecular weight is 301 g/mol. The van der Waals surface area contributed by atoms with Crippen molar-refractivity contribution in [3.63, 3.8) is 0 Å². The van der Waals surface area contributed by atoms with E-state index in [1.165, 1.54) is 29.5 Å². The Morgan fingerprint density at radius 1 is 1.38 bits per heavy atom. The van der Waals surface area contributed by atoms with Gasteiger partial charge in [0.05, 0.1) is 8.66 Å². The summed E-state index contributed by atoms with van der Waals surface area (Å²) in [5.41, 5.74) is 0. The molecule has 0 atom stereocenters. The first-order valence-electron chi connectivity index (χ1n) is 4.34. The van der Waals surface area contributed by atoms with Crippen molar-refractivity contribution < 1.29 is 9.18 Å². The van der Waals surface area contributed by atoms with E-state index in [9.17, 15) is 9.18 Å². The summed E-state index contributed by atoms with van der Waals surface area (Å²) in [4.78, 5) is 15.7. The van der Waals surface area contributed by atoms with E-state index in [0.29, 0.717) is 4.88 Å². The number of aromatic nitrogens is 1. The maximum atomic E-state index is 12.8. The molecule has 0 fully saturated rings. The number of nitrogens with zero attached hydrogens (tertiary/aromatic N) is 1. The third-order valence-corrected chi connectivity index (χ3v) is 3.38. The Morgan fingerprint density at radius 3 is 2.81 bits per heavy atom. The molecular weight excluding hydrogens is 295 g/mol. The zero-order chi connectivity index (χ0) is 11.5. The van der Waals surface area contributed by atoms with Crippen molar-refractivity contribution in [3.05, 3.63) is 44.9 Å². The molecule has 16 heavy (non-hydrogen) atoms. The first kappa shape index (κ1) is 11.2. The third kappa shape index (κ3) is 2.65. The summed E-state index contributed by atoms with van der Waals surface area (Å²) < 4.78 is 13.6. The molecule has 0 aliphatic heterocycles. The first-order chi connectivity index (χ1) is 7.65. The Morgan fingerprint density at radius 2 is 2.19 bits per heavy atom. The minimum Gasteiger partial charge on any atom is -0.306 e. The van der Waals surface area contributed by atoms with Crippen LogP contribution < -0.4 is 5.32 Å². The van der Waals surface area contributed by atoms with Crippen molar-refractivity contribution >= 4 is 39.0 Å². The Balaban J connectivity index is 2.13. The number of nitrogens with one attached hydrogen (secondary N) is 1. The van der Waals surface area contributed by atoms with E-state index in [1.54, 1.807) is 12.1 Å². The van der Waals surface area contributed by atoms with Gasteiger partial charge in [-0.3, -0.25) is 4.79 Å². The van der Waals surface area contributed by atoms with Gasteiger partial charge in [-0.2, -0.15) is 4.39 Å². The second kappa shape index (κ2) is 4.71. The fourth-order valence-electron chi connectivity index (χ4n) is 1.09. The van der Waals surface area contributed by atoms with Crippen LogP contribution in [0.25, 0.3) is 0 Å². The van der Waals surface area contributed by atoms with Gasteiger partial charge in [0, 0.05) is 0 Å². The number of rotatable bonds is 2. The normalized spacial score (nSPS) is 10.1. The zero-order valence-electron chi connectivity index (χ0n) is 7.91. The van der Waals surface area contributed by atoms with Crippen LogP contribution in [0.15, 0.2) is 34.1 Å². The van der Waals surface area contributed by atoms with Crippen LogP contribution in [0.5, 0.6) is 0 Å². The van der Waals surface area contributed by atoms with Crippen molar-refractivity contribution in [1.82, 2.24) is 4.98 Å². The molecule has 0 unspecified atom stereocenters. The van der Waals surface area contributed by atoms with E-state index in [0.717, 1.165) is 3.79 Å². The van der Waals surface area contributed by atoms with Crippen LogP contribution in [-0.4, -0.2) is 10.9 Å². The number of thiophene rings is 1. The Hall–Kier alpha value is -1.27. The number of hydrogen-bond acceptors (Lipinski definition) is 3. The third-order valence-electron chi connectivity index (χ3n) is 1.75. The molecule has 0 aliphatic rings. The summed E-state index contributed by atoms with van der Waals surface area (Å²) in [6.45, 7) is 0. The monoisotopic (exact) mass is 300 g/mol. The molecule has 0 saturated carbocycles. The van der Waals surface area contributed by atoms with E-state index in [1.807, 2.05) is 0 Å². The quantitative estimate of drug-likeness (QED) is 0.865. The van der Waals surface area contributed by atoms with Crippen LogP contribution in [0.2, 0.25) is 0 Å². The Bertz CT molecular complexity index is 529. The highest BCUT2D eigenvalue weighted by molar-refractivity contribution is 9.11. The smallest absolute Gasteiger partial charge is 0.266 e. The highest BCUT2D eigenvalue weighted by atomic mass is 79.9. The highest BCUT2D eigenvalue weighted by Crippen LogP contribution is 2.22. The molecule has 0 saturated heterocycles. The fourth-order valence-corrected chi connectivity index (χ4v) is 2.37. The molecule has 82 valence electrons. The topological polar surface area (TPSA) is 42.0 Å². The molecule has 1 N–H and O–H groups in total. The van der Waals surface area contributed by atoms with Crippen LogP contribution in [-0.2, 0) is 0 Å². The van der Waals surface area contributed by atoms with Gasteiger partial charge in [-0.1, -0.05) is 6.07 Å². The first-order valence-corrected chi connectivity index (χ1v) is 5.95. The summed E-state index contributed by atoms with van der Waals surface area (Å²) in [5.74, 6) is -0.714. The molecule has 6 heteroatoms. The van der Waals surface area contributed by atoms with Crippen LogP contribution in [0.4, 0.5) is 10.2 Å². The highest BCUT2D eigenvalue weighted by Gasteiger charge is 2.09. The van der Waals surface area contributed by atoms with Gasteiger partial charge >= 0.3 is 0 Å². The van der Waals surface area contributed by atoms with Crippen molar-refractivity contribution in [3.8, 4) is 0 Å². The second-order valence-electron chi connectivity index (χ2n) is 2.90. The minimum absolute atomic E-state index is 0.203. The van der Waals surface area contributed by atoms with Gasteiger partial charge in [0.1, 0.15) is 5.82 Å². The minimum atomic E-state index is -0.620. The van der Waals surface area contributed by atoms with Crippen molar-refractivity contribution in [2.75, 3.05) is 5.32 Å². The molecule has 0 aromatic carbocycles. The number of hydrogen-bond donors (Lipinski definition) is 1. The summed E-state index contributed by atoms with van der Waals surface area (Å²) in [5, 5.41) is 2.51. The maximum absolute atomic E-state index is 12.8. The van der Waals surface area contributed by atoms with E-state index in [2.05, 4.69) is 26.2 Å². The lowest BCUT2D eigenvalue weighted by Gasteiger charge is -2.01. The van der Waals surface area contributed by atoms with Crippen molar-refractivity contribution in [1.29, 1.82) is 0 Å². The van der Waals surface area contributed by atoms with Gasteiger partial charge in [0.25, 0.3) is 5.91 Å². The molecule has 0 bridgehead atoms. The maximum Gasteiger partial charge on any atom is 0.266 e. The van der Waals surface area contributed by atoms with Gasteiger partial charge in [-0.25, -0.2) is 4.98 Å². The van der Waals surface area contributed by atoms with Gasteiger partial charge < -0.3 is 5.32 Å². The van der Waals surface area contributed by atoms with Crippen molar-refractivity contribution in [2.45, 2.75) is 0 Å². The van der Waals surface area contributed by atoms with Gasteiger partial charge in [0.15, 0.2) is 0 Å². The lowest BCUT2D eigenvalue weighted by Crippen LogP contribution is -2.11. The lowest BCUT2D eigenvalue weighted by atomic mass is 10.4. The van der Waals surface area contributed by atoms with E-state index >= 15 is 0 Å². The molecule has 1 amide bonds. The number of halogens is 2. The number of carbonyl (C=O) groups excluding carboxylic acids is 1. The number of amides is 1. The molecule has 2 rings (SSSR count). The lowest BCUT2D eigenvalue weighted by molar-refractivity contribution is 0.103. The summed E-state index contributed by atoms with van der Waals surface area (Å²) in [7, 11) is 0. The van der Waals surface area contributed by atoms with E-state index in [-0.39, 0.29) is 11.7 Å². The molecule has 0 radical (unpaired) electrons. The largest absolute Gasteiger partial charge is 0.306 e. The number of pyridine rings is 1. The zero-order valence-corrected chi connectivity index (χ0v) is 10.3. The summed E-state index contributed by atoms with van der Waals surface area (Å²) >= 11 is 4.56. The SMILES string of the molecule is O=C(Nc1cccc(F)n1)c1ccc(Br)s1. The van der Waals surface area contributed by atoms with Crippen molar-refractivity contribution in [2.24, 2.45) is 0 Å². The molecule has 0 aliphatic carbocycles. The van der Waals surface area contributed by atoms with E-state index in [4.69, 9.17) is 0 Å². The van der Waals surface area contributed by atoms with Gasteiger partial charge in [-0.15, -0.1) is 11.3 Å². The standard InChI is InChI=1S/C10H6BrFN2OS/c11-7-5-4-6(16-7)10(15)14-9-3-1-2-8(12)13-9/h1-5H,(H,13,14,15). The fraction of sp³-hybridized carbons (Fsp3) is 0. The molecule has 0 spiro atoms. The molecule has 2 aromatic heterocycles. The van der Waals surface area contributed by atoms with E-state index < -0.39 is 5.95 Å². The van der Waals surface area contributed by atoms with Crippen LogP contribution in [0, 0.1) is 5.95 Å². The molecular formula is C10H6BrFN2OS. The summed E-state index contributed by atoms with van der Waals surface area (Å²) in [6.07, 6.45) is 0. The van der Waals surface area contributed by atoms with Gasteiger partial charge in [-0.05, 0) is 40.2 Å². The number of carbonyl (C=O) groups is 1. The molecule has 2 aromatic rings. The van der Waals surface area contributed by atoms with Crippen LogP contribution in [0.3, 0.4) is 0 Å². The number of anilines is 1. The average Bonchev–Trinajstić information content (AvgIpc) is 2.65. The van der Waals surface area contributed by atoms with Gasteiger partial charge in [0.2, 0.25) is 5.95 Å². The van der Waals surface area contributed by atoms with Crippen LogP contribution >= 0.6 is 27.3 Å². The summed E-state index contributed by atoms with van der Waals surface area (Å²) in [6, 6.07) is 7.70.